The van der Waals surface area contributed by atoms with Crippen LogP contribution in [0.1, 0.15) is 43.4 Å². The number of nitrogen functional groups attached to an aromatic ring is 1. The molecule has 3 N–H and O–H groups in total. The van der Waals surface area contributed by atoms with Crippen molar-refractivity contribution in [1.82, 2.24) is 9.97 Å². The van der Waals surface area contributed by atoms with Crippen molar-refractivity contribution in [2.75, 3.05) is 23.4 Å². The van der Waals surface area contributed by atoms with Crippen LogP contribution in [0.3, 0.4) is 0 Å². The van der Waals surface area contributed by atoms with Gasteiger partial charge in [0.1, 0.15) is 5.82 Å². The van der Waals surface area contributed by atoms with Crippen molar-refractivity contribution in [3.63, 3.8) is 0 Å². The van der Waals surface area contributed by atoms with Gasteiger partial charge in [0.2, 0.25) is 5.95 Å². The number of hydrogen-bond acceptors (Lipinski definition) is 5. The maximum atomic E-state index is 5.59. The van der Waals surface area contributed by atoms with Crippen molar-refractivity contribution >= 4 is 11.8 Å². The molecular weight excluding hydrogens is 226 g/mol. The summed E-state index contributed by atoms with van der Waals surface area (Å²) >= 11 is 0. The summed E-state index contributed by atoms with van der Waals surface area (Å²) in [5, 5.41) is 0. The van der Waals surface area contributed by atoms with Crippen LogP contribution in [0.25, 0.3) is 0 Å². The summed E-state index contributed by atoms with van der Waals surface area (Å²) in [6.07, 6.45) is 8.41. The Morgan fingerprint density at radius 2 is 1.72 bits per heavy atom. The summed E-state index contributed by atoms with van der Waals surface area (Å²) in [5.41, 5.74) is 5.16. The number of hydrazine groups is 1. The molecule has 1 aromatic rings. The molecule has 0 saturated carbocycles. The molecule has 0 atom stereocenters. The highest BCUT2D eigenvalue weighted by atomic mass is 15.3. The Kier molecular flexibility index (Phi) is 3.32. The molecule has 0 bridgehead atoms. The summed E-state index contributed by atoms with van der Waals surface area (Å²) in [7, 11) is 0. The Hall–Kier alpha value is -1.36. The second kappa shape index (κ2) is 5.10. The third-order valence-corrected chi connectivity index (χ3v) is 3.95. The normalized spacial score (nSPS) is 19.5. The number of fused-ring (bicyclic) bond motifs is 1. The van der Waals surface area contributed by atoms with E-state index in [1.54, 1.807) is 0 Å². The van der Waals surface area contributed by atoms with Gasteiger partial charge in [0.05, 0.1) is 5.69 Å². The van der Waals surface area contributed by atoms with Crippen LogP contribution < -0.4 is 16.2 Å². The molecule has 0 radical (unpaired) electrons. The Morgan fingerprint density at radius 3 is 2.44 bits per heavy atom. The topological polar surface area (TPSA) is 67.1 Å². The van der Waals surface area contributed by atoms with E-state index in [0.717, 1.165) is 37.7 Å². The van der Waals surface area contributed by atoms with Crippen molar-refractivity contribution in [2.45, 2.75) is 44.9 Å². The molecule has 5 heteroatoms. The fourth-order valence-electron chi connectivity index (χ4n) is 2.95. The van der Waals surface area contributed by atoms with E-state index < -0.39 is 0 Å². The fraction of sp³-hybridized carbons (Fsp3) is 0.692. The molecule has 1 aromatic heterocycles. The number of anilines is 2. The van der Waals surface area contributed by atoms with Crippen LogP contribution in [0.4, 0.5) is 11.8 Å². The molecule has 18 heavy (non-hydrogen) atoms. The van der Waals surface area contributed by atoms with Crippen LogP contribution >= 0.6 is 0 Å². The maximum Gasteiger partial charge on any atom is 0.227 e. The van der Waals surface area contributed by atoms with Crippen molar-refractivity contribution < 1.29 is 0 Å². The Morgan fingerprint density at radius 1 is 0.944 bits per heavy atom. The molecule has 3 rings (SSSR count). The van der Waals surface area contributed by atoms with Crippen LogP contribution in [0.5, 0.6) is 0 Å². The molecular formula is C13H21N5. The predicted molar refractivity (Wildman–Crippen MR) is 72.5 cm³/mol. The van der Waals surface area contributed by atoms with E-state index in [2.05, 4.69) is 15.3 Å². The van der Waals surface area contributed by atoms with Crippen LogP contribution in [-0.4, -0.2) is 23.1 Å². The van der Waals surface area contributed by atoms with Crippen molar-refractivity contribution in [3.05, 3.63) is 11.3 Å². The largest absolute Gasteiger partial charge is 0.341 e. The number of rotatable bonds is 2. The fourth-order valence-corrected chi connectivity index (χ4v) is 2.95. The number of aromatic nitrogens is 2. The molecule has 0 spiro atoms. The number of nitrogens with zero attached hydrogens (tertiary/aromatic N) is 3. The highest BCUT2D eigenvalue weighted by molar-refractivity contribution is 5.52. The lowest BCUT2D eigenvalue weighted by molar-refractivity contribution is 0.726. The minimum atomic E-state index is 0.830. The van der Waals surface area contributed by atoms with Crippen LogP contribution in [-0.2, 0) is 12.8 Å². The summed E-state index contributed by atoms with van der Waals surface area (Å²) in [5.74, 6) is 7.29. The average molecular weight is 247 g/mol. The summed E-state index contributed by atoms with van der Waals surface area (Å²) in [6.45, 7) is 2.14. The molecule has 2 aliphatic rings. The van der Waals surface area contributed by atoms with E-state index in [1.165, 1.54) is 43.4 Å². The first kappa shape index (κ1) is 11.7. The summed E-state index contributed by atoms with van der Waals surface area (Å²) < 4.78 is 0. The standard InChI is InChI=1S/C13H21N5/c14-17-12-10-6-5-7-11(10)15-13(16-12)18-8-3-1-2-4-9-18/h1-9,14H2,(H,15,16,17). The predicted octanol–water partition coefficient (Wildman–Crippen LogP) is 1.63. The zero-order valence-electron chi connectivity index (χ0n) is 10.8. The average Bonchev–Trinajstić information content (AvgIpc) is 2.71. The molecule has 5 nitrogen and oxygen atoms in total. The first-order valence-electron chi connectivity index (χ1n) is 7.00. The number of nitrogens with one attached hydrogen (secondary N) is 1. The highest BCUT2D eigenvalue weighted by Crippen LogP contribution is 2.28. The highest BCUT2D eigenvalue weighted by Gasteiger charge is 2.21. The van der Waals surface area contributed by atoms with Gasteiger partial charge in [-0.1, -0.05) is 12.8 Å². The number of nitrogens with two attached hydrogens (primary N) is 1. The minimum Gasteiger partial charge on any atom is -0.341 e. The van der Waals surface area contributed by atoms with Crippen LogP contribution in [0.15, 0.2) is 0 Å². The lowest BCUT2D eigenvalue weighted by Crippen LogP contribution is -2.27. The van der Waals surface area contributed by atoms with Gasteiger partial charge in [0.15, 0.2) is 0 Å². The van der Waals surface area contributed by atoms with Gasteiger partial charge < -0.3 is 10.3 Å². The molecule has 1 aliphatic carbocycles. The van der Waals surface area contributed by atoms with Gasteiger partial charge in [0.25, 0.3) is 0 Å². The van der Waals surface area contributed by atoms with Gasteiger partial charge in [-0.15, -0.1) is 0 Å². The SMILES string of the molecule is NNc1nc(N2CCCCCC2)nc2c1CCC2. The second-order valence-electron chi connectivity index (χ2n) is 5.20. The molecule has 0 aromatic carbocycles. The molecule has 98 valence electrons. The van der Waals surface area contributed by atoms with E-state index in [-0.39, 0.29) is 0 Å². The lowest BCUT2D eigenvalue weighted by Gasteiger charge is -2.21. The van der Waals surface area contributed by atoms with E-state index in [1.807, 2.05) is 0 Å². The zero-order valence-corrected chi connectivity index (χ0v) is 10.8. The van der Waals surface area contributed by atoms with E-state index in [0.29, 0.717) is 0 Å². The second-order valence-corrected chi connectivity index (χ2v) is 5.20. The van der Waals surface area contributed by atoms with Crippen LogP contribution in [0, 0.1) is 0 Å². The monoisotopic (exact) mass is 247 g/mol. The summed E-state index contributed by atoms with van der Waals surface area (Å²) in [4.78, 5) is 11.7. The lowest BCUT2D eigenvalue weighted by atomic mass is 10.2. The molecule has 0 amide bonds. The Labute approximate surface area is 108 Å². The van der Waals surface area contributed by atoms with Crippen LogP contribution in [0.2, 0.25) is 0 Å². The molecule has 1 saturated heterocycles. The van der Waals surface area contributed by atoms with Crippen molar-refractivity contribution in [1.29, 1.82) is 0 Å². The zero-order chi connectivity index (χ0) is 12.4. The molecule has 0 unspecified atom stereocenters. The van der Waals surface area contributed by atoms with Crippen molar-refractivity contribution in [2.24, 2.45) is 5.84 Å². The number of hydrogen-bond donors (Lipinski definition) is 2. The van der Waals surface area contributed by atoms with Gasteiger partial charge >= 0.3 is 0 Å². The third kappa shape index (κ3) is 2.14. The van der Waals surface area contributed by atoms with E-state index in [4.69, 9.17) is 10.8 Å². The van der Waals surface area contributed by atoms with E-state index in [9.17, 15) is 0 Å². The van der Waals surface area contributed by atoms with Gasteiger partial charge in [-0.05, 0) is 32.1 Å². The Balaban J connectivity index is 1.91. The van der Waals surface area contributed by atoms with Crippen molar-refractivity contribution in [3.8, 4) is 0 Å². The first-order valence-corrected chi connectivity index (χ1v) is 7.00. The summed E-state index contributed by atoms with van der Waals surface area (Å²) in [6, 6.07) is 0. The molecule has 2 heterocycles. The van der Waals surface area contributed by atoms with Gasteiger partial charge in [-0.3, -0.25) is 0 Å². The van der Waals surface area contributed by atoms with Gasteiger partial charge in [-0.2, -0.15) is 4.98 Å². The van der Waals surface area contributed by atoms with Gasteiger partial charge in [-0.25, -0.2) is 10.8 Å². The third-order valence-electron chi connectivity index (χ3n) is 3.95. The quantitative estimate of drug-likeness (QED) is 0.614. The van der Waals surface area contributed by atoms with Gasteiger partial charge in [0, 0.05) is 18.7 Å². The van der Waals surface area contributed by atoms with E-state index >= 15 is 0 Å². The number of aryl methyl sites for hydroxylation is 1. The minimum absolute atomic E-state index is 0.830. The smallest absolute Gasteiger partial charge is 0.227 e. The maximum absolute atomic E-state index is 5.59. The Bertz CT molecular complexity index is 424. The molecule has 1 aliphatic heterocycles. The first-order chi connectivity index (χ1) is 8.88. The molecule has 1 fully saturated rings.